The topological polar surface area (TPSA) is 46.3 Å². The maximum Gasteiger partial charge on any atom is 0.248 e. The minimum Gasteiger partial charge on any atom is -0.366 e. The van der Waals surface area contributed by atoms with Gasteiger partial charge in [-0.2, -0.15) is 0 Å². The Labute approximate surface area is 173 Å². The molecule has 1 amide bonds. The molecule has 0 spiro atoms. The number of nitrogens with zero attached hydrogens (tertiary/aromatic N) is 1. The van der Waals surface area contributed by atoms with Gasteiger partial charge in [-0.25, -0.2) is 0 Å². The van der Waals surface area contributed by atoms with Crippen LogP contribution in [0.4, 0.5) is 5.69 Å². The molecule has 29 heavy (non-hydrogen) atoms. The maximum atomic E-state index is 11.3. The molecule has 0 aliphatic carbocycles. The number of carbonyl (C=O) groups is 1. The van der Waals surface area contributed by atoms with E-state index in [1.807, 2.05) is 12.1 Å². The van der Waals surface area contributed by atoms with Gasteiger partial charge in [0.1, 0.15) is 0 Å². The van der Waals surface area contributed by atoms with Crippen molar-refractivity contribution in [1.29, 1.82) is 0 Å². The predicted octanol–water partition coefficient (Wildman–Crippen LogP) is 5.92. The number of nitrogens with two attached hydrogens (primary N) is 1. The quantitative estimate of drug-likeness (QED) is 0.594. The summed E-state index contributed by atoms with van der Waals surface area (Å²) in [6.07, 6.45) is 2.41. The first kappa shape index (κ1) is 19.3. The fourth-order valence-electron chi connectivity index (χ4n) is 4.41. The zero-order valence-electron chi connectivity index (χ0n) is 17.1. The van der Waals surface area contributed by atoms with E-state index in [1.165, 1.54) is 29.7 Å². The van der Waals surface area contributed by atoms with Crippen molar-refractivity contribution in [3.63, 3.8) is 0 Å². The minimum atomic E-state index is -0.395. The smallest absolute Gasteiger partial charge is 0.248 e. The highest BCUT2D eigenvalue weighted by atomic mass is 16.1. The highest BCUT2D eigenvalue weighted by Gasteiger charge is 2.28. The van der Waals surface area contributed by atoms with Crippen molar-refractivity contribution in [2.45, 2.75) is 38.6 Å². The van der Waals surface area contributed by atoms with Crippen molar-refractivity contribution >= 4 is 11.6 Å². The van der Waals surface area contributed by atoms with Crippen molar-refractivity contribution in [2.75, 3.05) is 11.4 Å². The molecule has 0 unspecified atom stereocenters. The number of amides is 1. The Morgan fingerprint density at radius 3 is 2.17 bits per heavy atom. The molecule has 1 saturated heterocycles. The molecule has 2 N–H and O–H groups in total. The van der Waals surface area contributed by atoms with Crippen LogP contribution in [-0.4, -0.2) is 12.5 Å². The number of primary amides is 1. The molecule has 3 nitrogen and oxygen atoms in total. The van der Waals surface area contributed by atoms with Crippen LogP contribution in [0, 0.1) is 0 Å². The van der Waals surface area contributed by atoms with Gasteiger partial charge in [-0.1, -0.05) is 62.4 Å². The van der Waals surface area contributed by atoms with Crippen LogP contribution in [0.1, 0.15) is 60.1 Å². The highest BCUT2D eigenvalue weighted by Crippen LogP contribution is 2.39. The standard InChI is InChI=1S/C26H28N2O/c1-18(2)23-6-3-4-7-24(23)25-8-5-17-28(25)22-15-13-20(14-16-22)19-9-11-21(12-10-19)26(27)29/h3-4,6-7,9-16,18,25H,5,8,17H2,1-2H3,(H2,27,29)/t25-/m1/s1. The monoisotopic (exact) mass is 384 g/mol. The Morgan fingerprint density at radius 1 is 0.931 bits per heavy atom. The van der Waals surface area contributed by atoms with Crippen LogP contribution in [0.25, 0.3) is 11.1 Å². The van der Waals surface area contributed by atoms with Crippen molar-refractivity contribution in [3.05, 3.63) is 89.5 Å². The van der Waals surface area contributed by atoms with Gasteiger partial charge in [-0.15, -0.1) is 0 Å². The average Bonchev–Trinajstić information content (AvgIpc) is 3.23. The summed E-state index contributed by atoms with van der Waals surface area (Å²) in [7, 11) is 0. The number of hydrogen-bond donors (Lipinski definition) is 1. The largest absolute Gasteiger partial charge is 0.366 e. The molecule has 4 rings (SSSR count). The normalized spacial score (nSPS) is 16.4. The first-order valence-electron chi connectivity index (χ1n) is 10.4. The number of carbonyl (C=O) groups excluding carboxylic acids is 1. The Balaban J connectivity index is 1.59. The van der Waals surface area contributed by atoms with E-state index in [0.717, 1.165) is 17.7 Å². The van der Waals surface area contributed by atoms with Crippen LogP contribution >= 0.6 is 0 Å². The molecule has 1 aliphatic rings. The SMILES string of the molecule is CC(C)c1ccccc1[C@H]1CCCN1c1ccc(-c2ccc(C(N)=O)cc2)cc1. The van der Waals surface area contributed by atoms with Gasteiger partial charge in [0.05, 0.1) is 6.04 Å². The van der Waals surface area contributed by atoms with E-state index in [9.17, 15) is 4.79 Å². The van der Waals surface area contributed by atoms with Crippen LogP contribution in [-0.2, 0) is 0 Å². The minimum absolute atomic E-state index is 0.395. The van der Waals surface area contributed by atoms with Crippen molar-refractivity contribution in [1.82, 2.24) is 0 Å². The van der Waals surface area contributed by atoms with Crippen LogP contribution < -0.4 is 10.6 Å². The zero-order valence-corrected chi connectivity index (χ0v) is 17.1. The second kappa shape index (κ2) is 8.12. The fraction of sp³-hybridized carbons (Fsp3) is 0.269. The summed E-state index contributed by atoms with van der Waals surface area (Å²) in [5, 5.41) is 0. The lowest BCUT2D eigenvalue weighted by Gasteiger charge is -2.29. The molecular weight excluding hydrogens is 356 g/mol. The van der Waals surface area contributed by atoms with E-state index in [2.05, 4.69) is 67.3 Å². The third-order valence-corrected chi connectivity index (χ3v) is 5.93. The molecule has 3 heteroatoms. The lowest BCUT2D eigenvalue weighted by molar-refractivity contribution is 0.100. The van der Waals surface area contributed by atoms with Gasteiger partial charge in [0.2, 0.25) is 5.91 Å². The Morgan fingerprint density at radius 2 is 1.55 bits per heavy atom. The molecule has 1 atom stereocenters. The third-order valence-electron chi connectivity index (χ3n) is 5.93. The van der Waals surface area contributed by atoms with Gasteiger partial charge >= 0.3 is 0 Å². The Bertz CT molecular complexity index is 990. The zero-order chi connectivity index (χ0) is 20.4. The van der Waals surface area contributed by atoms with E-state index in [1.54, 1.807) is 12.1 Å². The molecule has 0 aromatic heterocycles. The first-order chi connectivity index (χ1) is 14.0. The Kier molecular flexibility index (Phi) is 5.39. The van der Waals surface area contributed by atoms with Gasteiger partial charge in [0.15, 0.2) is 0 Å². The molecule has 0 saturated carbocycles. The molecule has 0 radical (unpaired) electrons. The van der Waals surface area contributed by atoms with E-state index in [-0.39, 0.29) is 0 Å². The second-order valence-electron chi connectivity index (χ2n) is 8.12. The number of benzene rings is 3. The maximum absolute atomic E-state index is 11.3. The van der Waals surface area contributed by atoms with Gasteiger partial charge in [-0.05, 0) is 65.3 Å². The highest BCUT2D eigenvalue weighted by molar-refractivity contribution is 5.93. The summed E-state index contributed by atoms with van der Waals surface area (Å²) in [5.74, 6) is 0.132. The lowest BCUT2D eigenvalue weighted by atomic mass is 9.91. The summed E-state index contributed by atoms with van der Waals surface area (Å²) < 4.78 is 0. The molecule has 148 valence electrons. The van der Waals surface area contributed by atoms with Crippen LogP contribution in [0.5, 0.6) is 0 Å². The molecule has 1 aliphatic heterocycles. The molecule has 0 bridgehead atoms. The molecule has 3 aromatic carbocycles. The summed E-state index contributed by atoms with van der Waals surface area (Å²) in [5.41, 5.74) is 12.3. The van der Waals surface area contributed by atoms with Gasteiger partial charge < -0.3 is 10.6 Å². The summed E-state index contributed by atoms with van der Waals surface area (Å²) in [4.78, 5) is 13.8. The van der Waals surface area contributed by atoms with Crippen molar-refractivity contribution in [3.8, 4) is 11.1 Å². The van der Waals surface area contributed by atoms with E-state index in [4.69, 9.17) is 5.73 Å². The third kappa shape index (κ3) is 3.91. The molecular formula is C26H28N2O. The Hall–Kier alpha value is -3.07. The molecule has 1 fully saturated rings. The first-order valence-corrected chi connectivity index (χ1v) is 10.4. The lowest BCUT2D eigenvalue weighted by Crippen LogP contribution is -2.23. The van der Waals surface area contributed by atoms with Gasteiger partial charge in [0.25, 0.3) is 0 Å². The number of hydrogen-bond acceptors (Lipinski definition) is 2. The summed E-state index contributed by atoms with van der Waals surface area (Å²) >= 11 is 0. The van der Waals surface area contributed by atoms with E-state index < -0.39 is 5.91 Å². The van der Waals surface area contributed by atoms with Gasteiger partial charge in [0, 0.05) is 17.8 Å². The number of anilines is 1. The summed E-state index contributed by atoms with van der Waals surface area (Å²) in [6.45, 7) is 5.64. The van der Waals surface area contributed by atoms with Crippen LogP contribution in [0.2, 0.25) is 0 Å². The summed E-state index contributed by atoms with van der Waals surface area (Å²) in [6, 6.07) is 25.6. The fourth-order valence-corrected chi connectivity index (χ4v) is 4.41. The predicted molar refractivity (Wildman–Crippen MR) is 120 cm³/mol. The van der Waals surface area contributed by atoms with Crippen LogP contribution in [0.3, 0.4) is 0 Å². The second-order valence-corrected chi connectivity index (χ2v) is 8.12. The number of rotatable bonds is 5. The molecule has 3 aromatic rings. The average molecular weight is 385 g/mol. The van der Waals surface area contributed by atoms with Gasteiger partial charge in [-0.3, -0.25) is 4.79 Å². The molecule has 1 heterocycles. The van der Waals surface area contributed by atoms with E-state index >= 15 is 0 Å². The van der Waals surface area contributed by atoms with Crippen LogP contribution in [0.15, 0.2) is 72.8 Å². The van der Waals surface area contributed by atoms with E-state index in [0.29, 0.717) is 17.5 Å². The van der Waals surface area contributed by atoms with Crippen molar-refractivity contribution in [2.24, 2.45) is 5.73 Å². The van der Waals surface area contributed by atoms with Crippen molar-refractivity contribution < 1.29 is 4.79 Å².